The molecule has 2 aromatic carbocycles. The van der Waals surface area contributed by atoms with Crippen molar-refractivity contribution >= 4 is 11.8 Å². The van der Waals surface area contributed by atoms with E-state index in [9.17, 15) is 0 Å². The first-order valence-corrected chi connectivity index (χ1v) is 8.31. The average Bonchev–Trinajstić information content (AvgIpc) is 3.03. The van der Waals surface area contributed by atoms with Crippen LogP contribution in [0, 0.1) is 0 Å². The normalized spacial score (nSPS) is 11.0. The predicted octanol–water partition coefficient (Wildman–Crippen LogP) is 5.15. The summed E-state index contributed by atoms with van der Waals surface area (Å²) in [6, 6.07) is 18.6. The third kappa shape index (κ3) is 3.57. The third-order valence-electron chi connectivity index (χ3n) is 3.44. The van der Waals surface area contributed by atoms with Gasteiger partial charge in [0, 0.05) is 11.3 Å². The van der Waals surface area contributed by atoms with Gasteiger partial charge in [0.25, 0.3) is 5.22 Å². The third-order valence-corrected chi connectivity index (χ3v) is 4.33. The van der Waals surface area contributed by atoms with Crippen molar-refractivity contribution in [1.29, 1.82) is 0 Å². The van der Waals surface area contributed by atoms with Crippen LogP contribution in [-0.4, -0.2) is 10.2 Å². The Bertz CT molecular complexity index is 720. The van der Waals surface area contributed by atoms with Crippen LogP contribution in [0.25, 0.3) is 11.5 Å². The molecule has 22 heavy (non-hydrogen) atoms. The quantitative estimate of drug-likeness (QED) is 0.611. The van der Waals surface area contributed by atoms with E-state index in [1.807, 2.05) is 30.3 Å². The Balaban J connectivity index is 1.68. The van der Waals surface area contributed by atoms with E-state index in [1.165, 1.54) is 11.1 Å². The zero-order valence-corrected chi connectivity index (χ0v) is 13.5. The Morgan fingerprint density at radius 3 is 2.36 bits per heavy atom. The lowest BCUT2D eigenvalue weighted by atomic mass is 10.0. The van der Waals surface area contributed by atoms with Crippen molar-refractivity contribution in [3.63, 3.8) is 0 Å². The topological polar surface area (TPSA) is 38.9 Å². The molecule has 0 unspecified atom stereocenters. The number of nitrogens with zero attached hydrogens (tertiary/aromatic N) is 2. The number of rotatable bonds is 5. The monoisotopic (exact) mass is 310 g/mol. The average molecular weight is 310 g/mol. The molecule has 3 rings (SSSR count). The molecule has 0 aliphatic rings. The molecule has 0 aliphatic heterocycles. The van der Waals surface area contributed by atoms with Crippen molar-refractivity contribution in [2.45, 2.75) is 30.7 Å². The van der Waals surface area contributed by atoms with Gasteiger partial charge in [-0.1, -0.05) is 68.1 Å². The van der Waals surface area contributed by atoms with E-state index in [1.54, 1.807) is 11.8 Å². The zero-order chi connectivity index (χ0) is 15.4. The Morgan fingerprint density at radius 1 is 0.955 bits per heavy atom. The van der Waals surface area contributed by atoms with E-state index in [0.29, 0.717) is 17.0 Å². The van der Waals surface area contributed by atoms with Crippen molar-refractivity contribution in [2.24, 2.45) is 0 Å². The molecule has 0 bridgehead atoms. The fourth-order valence-electron chi connectivity index (χ4n) is 2.11. The second-order valence-corrected chi connectivity index (χ2v) is 6.35. The summed E-state index contributed by atoms with van der Waals surface area (Å²) >= 11 is 1.56. The summed E-state index contributed by atoms with van der Waals surface area (Å²) in [6.45, 7) is 4.36. The molecule has 1 aromatic heterocycles. The number of thioether (sulfide) groups is 1. The molecule has 112 valence electrons. The van der Waals surface area contributed by atoms with Crippen LogP contribution >= 0.6 is 11.8 Å². The minimum Gasteiger partial charge on any atom is -0.411 e. The Kier molecular flexibility index (Phi) is 4.59. The largest absolute Gasteiger partial charge is 0.411 e. The van der Waals surface area contributed by atoms with Gasteiger partial charge in [-0.15, -0.1) is 10.2 Å². The van der Waals surface area contributed by atoms with Gasteiger partial charge in [-0.2, -0.15) is 0 Å². The summed E-state index contributed by atoms with van der Waals surface area (Å²) in [5.74, 6) is 1.92. The minimum atomic E-state index is 0.522. The molecule has 0 saturated heterocycles. The van der Waals surface area contributed by atoms with Crippen LogP contribution in [0.15, 0.2) is 64.2 Å². The molecule has 1 heterocycles. The van der Waals surface area contributed by atoms with Crippen molar-refractivity contribution in [3.8, 4) is 11.5 Å². The fourth-order valence-corrected chi connectivity index (χ4v) is 2.83. The van der Waals surface area contributed by atoms with Crippen LogP contribution in [0.5, 0.6) is 0 Å². The minimum absolute atomic E-state index is 0.522. The highest BCUT2D eigenvalue weighted by Crippen LogP contribution is 2.26. The second kappa shape index (κ2) is 6.79. The van der Waals surface area contributed by atoms with E-state index in [-0.39, 0.29) is 0 Å². The maximum absolute atomic E-state index is 5.73. The van der Waals surface area contributed by atoms with Gasteiger partial charge in [-0.25, -0.2) is 0 Å². The van der Waals surface area contributed by atoms with Gasteiger partial charge < -0.3 is 4.42 Å². The Morgan fingerprint density at radius 2 is 1.68 bits per heavy atom. The van der Waals surface area contributed by atoms with E-state index in [0.717, 1.165) is 11.3 Å². The molecule has 0 N–H and O–H groups in total. The molecule has 4 heteroatoms. The summed E-state index contributed by atoms with van der Waals surface area (Å²) in [7, 11) is 0. The number of hydrogen-bond donors (Lipinski definition) is 0. The molecular weight excluding hydrogens is 292 g/mol. The molecule has 0 aliphatic carbocycles. The lowest BCUT2D eigenvalue weighted by molar-refractivity contribution is 0.466. The molecule has 0 saturated carbocycles. The first-order valence-electron chi connectivity index (χ1n) is 7.33. The molecule has 0 fully saturated rings. The SMILES string of the molecule is CC(C)c1ccc(-c2nnc(SCc3ccccc3)o2)cc1. The van der Waals surface area contributed by atoms with E-state index in [4.69, 9.17) is 4.42 Å². The van der Waals surface area contributed by atoms with Gasteiger partial charge in [-0.05, 0) is 29.2 Å². The number of aromatic nitrogens is 2. The lowest BCUT2D eigenvalue weighted by Crippen LogP contribution is -1.86. The van der Waals surface area contributed by atoms with Crippen molar-refractivity contribution in [2.75, 3.05) is 0 Å². The Labute approximate surface area is 134 Å². The first kappa shape index (κ1) is 14.9. The van der Waals surface area contributed by atoms with E-state index < -0.39 is 0 Å². The number of hydrogen-bond acceptors (Lipinski definition) is 4. The van der Waals surface area contributed by atoms with Crippen LogP contribution in [0.4, 0.5) is 0 Å². The molecule has 3 aromatic rings. The van der Waals surface area contributed by atoms with Crippen molar-refractivity contribution in [1.82, 2.24) is 10.2 Å². The highest BCUT2D eigenvalue weighted by Gasteiger charge is 2.09. The lowest BCUT2D eigenvalue weighted by Gasteiger charge is -2.04. The van der Waals surface area contributed by atoms with Gasteiger partial charge in [-0.3, -0.25) is 0 Å². The maximum atomic E-state index is 5.73. The molecule has 0 atom stereocenters. The van der Waals surface area contributed by atoms with Crippen LogP contribution in [0.1, 0.15) is 30.9 Å². The summed E-state index contributed by atoms with van der Waals surface area (Å²) in [5, 5.41) is 8.85. The van der Waals surface area contributed by atoms with Gasteiger partial charge in [0.1, 0.15) is 0 Å². The summed E-state index contributed by atoms with van der Waals surface area (Å²) in [5.41, 5.74) is 3.51. The van der Waals surface area contributed by atoms with E-state index in [2.05, 4.69) is 48.3 Å². The Hall–Kier alpha value is -2.07. The van der Waals surface area contributed by atoms with E-state index >= 15 is 0 Å². The first-order chi connectivity index (χ1) is 10.7. The highest BCUT2D eigenvalue weighted by atomic mass is 32.2. The maximum Gasteiger partial charge on any atom is 0.277 e. The number of benzene rings is 2. The van der Waals surface area contributed by atoms with Crippen molar-refractivity contribution < 1.29 is 4.42 Å². The van der Waals surface area contributed by atoms with Crippen LogP contribution in [-0.2, 0) is 5.75 Å². The second-order valence-electron chi connectivity index (χ2n) is 5.42. The summed E-state index contributed by atoms with van der Waals surface area (Å²) < 4.78 is 5.73. The molecule has 0 amide bonds. The van der Waals surface area contributed by atoms with Gasteiger partial charge in [0.05, 0.1) is 0 Å². The fraction of sp³-hybridized carbons (Fsp3) is 0.222. The molecular formula is C18H18N2OS. The van der Waals surface area contributed by atoms with Gasteiger partial charge >= 0.3 is 0 Å². The molecule has 3 nitrogen and oxygen atoms in total. The van der Waals surface area contributed by atoms with Crippen molar-refractivity contribution in [3.05, 3.63) is 65.7 Å². The zero-order valence-electron chi connectivity index (χ0n) is 12.7. The highest BCUT2D eigenvalue weighted by molar-refractivity contribution is 7.98. The van der Waals surface area contributed by atoms with Crippen LogP contribution < -0.4 is 0 Å². The standard InChI is InChI=1S/C18H18N2OS/c1-13(2)15-8-10-16(11-9-15)17-19-20-18(21-17)22-12-14-6-4-3-5-7-14/h3-11,13H,12H2,1-2H3. The molecule has 0 radical (unpaired) electrons. The van der Waals surface area contributed by atoms with Gasteiger partial charge in [0.15, 0.2) is 0 Å². The summed E-state index contributed by atoms with van der Waals surface area (Å²) in [4.78, 5) is 0. The van der Waals surface area contributed by atoms with Gasteiger partial charge in [0.2, 0.25) is 5.89 Å². The smallest absolute Gasteiger partial charge is 0.277 e. The summed E-state index contributed by atoms with van der Waals surface area (Å²) in [6.07, 6.45) is 0. The predicted molar refractivity (Wildman–Crippen MR) is 89.8 cm³/mol. The van der Waals surface area contributed by atoms with Crippen LogP contribution in [0.3, 0.4) is 0 Å². The van der Waals surface area contributed by atoms with Crippen LogP contribution in [0.2, 0.25) is 0 Å². The molecule has 0 spiro atoms.